The average Bonchev–Trinajstić information content (AvgIpc) is 2.85. The van der Waals surface area contributed by atoms with E-state index in [2.05, 4.69) is 33.7 Å². The van der Waals surface area contributed by atoms with Crippen molar-refractivity contribution in [3.05, 3.63) is 54.2 Å². The number of pyridine rings is 1. The number of nitrogens with zero attached hydrogens (tertiary/aromatic N) is 3. The van der Waals surface area contributed by atoms with Crippen LogP contribution in [-0.4, -0.2) is 21.6 Å². The Morgan fingerprint density at radius 3 is 2.84 bits per heavy atom. The van der Waals surface area contributed by atoms with Gasteiger partial charge >= 0.3 is 0 Å². The molecule has 0 aliphatic heterocycles. The predicted octanol–water partition coefficient (Wildman–Crippen LogP) is 2.60. The van der Waals surface area contributed by atoms with Crippen molar-refractivity contribution in [3.63, 3.8) is 0 Å². The minimum atomic E-state index is 0.847. The van der Waals surface area contributed by atoms with Crippen molar-refractivity contribution in [2.45, 2.75) is 16.6 Å². The van der Waals surface area contributed by atoms with Crippen LogP contribution in [0, 0.1) is 0 Å². The molecular formula is C14H14N4S. The van der Waals surface area contributed by atoms with Gasteiger partial charge in [0.05, 0.1) is 0 Å². The summed E-state index contributed by atoms with van der Waals surface area (Å²) in [5.41, 5.74) is 2.14. The number of rotatable bonds is 4. The molecule has 1 N–H and O–H groups in total. The van der Waals surface area contributed by atoms with Crippen LogP contribution in [0.25, 0.3) is 5.65 Å². The summed E-state index contributed by atoms with van der Waals surface area (Å²) in [7, 11) is 1.95. The molecule has 1 aromatic carbocycles. The highest BCUT2D eigenvalue weighted by Crippen LogP contribution is 2.29. The molecular weight excluding hydrogens is 256 g/mol. The van der Waals surface area contributed by atoms with E-state index in [1.807, 2.05) is 41.9 Å². The number of hydrogen-bond acceptors (Lipinski definition) is 4. The summed E-state index contributed by atoms with van der Waals surface area (Å²) < 4.78 is 2.00. The van der Waals surface area contributed by atoms with Crippen LogP contribution in [0.2, 0.25) is 0 Å². The van der Waals surface area contributed by atoms with E-state index in [4.69, 9.17) is 0 Å². The first-order chi connectivity index (χ1) is 9.38. The van der Waals surface area contributed by atoms with E-state index in [0.29, 0.717) is 0 Å². The SMILES string of the molecule is CNCc1ccccc1Sc1nnc2ccccn12. The maximum absolute atomic E-state index is 4.25. The molecule has 96 valence electrons. The Labute approximate surface area is 115 Å². The Bertz CT molecular complexity index is 692. The Balaban J connectivity index is 1.97. The van der Waals surface area contributed by atoms with Gasteiger partial charge in [-0.25, -0.2) is 0 Å². The number of nitrogens with one attached hydrogen (secondary N) is 1. The lowest BCUT2D eigenvalue weighted by molar-refractivity contribution is 0.802. The standard InChI is InChI=1S/C14H14N4S/c1-15-10-11-6-2-3-7-12(11)19-14-17-16-13-8-4-5-9-18(13)14/h2-9,15H,10H2,1H3. The minimum absolute atomic E-state index is 0.847. The zero-order valence-corrected chi connectivity index (χ0v) is 11.4. The smallest absolute Gasteiger partial charge is 0.200 e. The molecule has 19 heavy (non-hydrogen) atoms. The van der Waals surface area contributed by atoms with Gasteiger partial charge in [-0.2, -0.15) is 0 Å². The molecule has 2 aromatic heterocycles. The van der Waals surface area contributed by atoms with Crippen LogP contribution in [0.5, 0.6) is 0 Å². The van der Waals surface area contributed by atoms with Crippen molar-refractivity contribution in [2.75, 3.05) is 7.05 Å². The van der Waals surface area contributed by atoms with Gasteiger partial charge in [0, 0.05) is 17.6 Å². The van der Waals surface area contributed by atoms with Gasteiger partial charge in [0.25, 0.3) is 0 Å². The molecule has 0 unspecified atom stereocenters. The molecule has 0 saturated carbocycles. The molecule has 0 spiro atoms. The van der Waals surface area contributed by atoms with E-state index in [-0.39, 0.29) is 0 Å². The molecule has 3 rings (SSSR count). The van der Waals surface area contributed by atoms with Gasteiger partial charge in [0.15, 0.2) is 10.8 Å². The van der Waals surface area contributed by atoms with Crippen molar-refractivity contribution in [2.24, 2.45) is 0 Å². The fourth-order valence-corrected chi connectivity index (χ4v) is 2.88. The second kappa shape index (κ2) is 5.42. The third-order valence-electron chi connectivity index (χ3n) is 2.82. The fraction of sp³-hybridized carbons (Fsp3) is 0.143. The number of hydrogen-bond donors (Lipinski definition) is 1. The fourth-order valence-electron chi connectivity index (χ4n) is 1.93. The zero-order chi connectivity index (χ0) is 13.1. The number of benzene rings is 1. The molecule has 0 saturated heterocycles. The first kappa shape index (κ1) is 12.2. The minimum Gasteiger partial charge on any atom is -0.316 e. The van der Waals surface area contributed by atoms with Crippen LogP contribution in [-0.2, 0) is 6.54 Å². The molecule has 2 heterocycles. The quantitative estimate of drug-likeness (QED) is 0.791. The summed E-state index contributed by atoms with van der Waals surface area (Å²) in [4.78, 5) is 1.20. The molecule has 4 nitrogen and oxygen atoms in total. The van der Waals surface area contributed by atoms with Crippen LogP contribution in [0.15, 0.2) is 58.7 Å². The highest BCUT2D eigenvalue weighted by atomic mass is 32.2. The Hall–Kier alpha value is -1.85. The second-order valence-electron chi connectivity index (χ2n) is 4.15. The second-order valence-corrected chi connectivity index (χ2v) is 5.16. The van der Waals surface area contributed by atoms with Crippen LogP contribution in [0.4, 0.5) is 0 Å². The van der Waals surface area contributed by atoms with E-state index in [1.165, 1.54) is 10.5 Å². The molecule has 0 amide bonds. The van der Waals surface area contributed by atoms with Crippen molar-refractivity contribution in [3.8, 4) is 0 Å². The maximum Gasteiger partial charge on any atom is 0.200 e. The van der Waals surface area contributed by atoms with Gasteiger partial charge in [0.2, 0.25) is 0 Å². The van der Waals surface area contributed by atoms with E-state index in [0.717, 1.165) is 17.3 Å². The highest BCUT2D eigenvalue weighted by molar-refractivity contribution is 7.99. The van der Waals surface area contributed by atoms with Gasteiger partial charge in [0.1, 0.15) is 0 Å². The van der Waals surface area contributed by atoms with E-state index >= 15 is 0 Å². The van der Waals surface area contributed by atoms with Crippen molar-refractivity contribution in [1.29, 1.82) is 0 Å². The summed E-state index contributed by atoms with van der Waals surface area (Å²) in [5, 5.41) is 12.5. The Kier molecular flexibility index (Phi) is 3.48. The Morgan fingerprint density at radius 2 is 1.95 bits per heavy atom. The molecule has 0 aliphatic rings. The van der Waals surface area contributed by atoms with Crippen molar-refractivity contribution < 1.29 is 0 Å². The molecule has 0 radical (unpaired) electrons. The van der Waals surface area contributed by atoms with Gasteiger partial charge in [-0.05, 0) is 42.6 Å². The van der Waals surface area contributed by atoms with Crippen LogP contribution < -0.4 is 5.32 Å². The Morgan fingerprint density at radius 1 is 1.11 bits per heavy atom. The summed E-state index contributed by atoms with van der Waals surface area (Å²) in [5.74, 6) is 0. The highest BCUT2D eigenvalue weighted by Gasteiger charge is 2.09. The number of aromatic nitrogens is 3. The third kappa shape index (κ3) is 2.47. The van der Waals surface area contributed by atoms with E-state index < -0.39 is 0 Å². The normalized spacial score (nSPS) is 11.0. The maximum atomic E-state index is 4.25. The van der Waals surface area contributed by atoms with Crippen LogP contribution in [0.1, 0.15) is 5.56 Å². The van der Waals surface area contributed by atoms with Gasteiger partial charge in [-0.15, -0.1) is 10.2 Å². The monoisotopic (exact) mass is 270 g/mol. The molecule has 0 aliphatic carbocycles. The average molecular weight is 270 g/mol. The van der Waals surface area contributed by atoms with E-state index in [1.54, 1.807) is 11.8 Å². The third-order valence-corrected chi connectivity index (χ3v) is 3.90. The largest absolute Gasteiger partial charge is 0.316 e. The summed E-state index contributed by atoms with van der Waals surface area (Å²) >= 11 is 1.64. The first-order valence-corrected chi connectivity index (χ1v) is 6.90. The molecule has 5 heteroatoms. The zero-order valence-electron chi connectivity index (χ0n) is 10.6. The summed E-state index contributed by atoms with van der Waals surface area (Å²) in [6.07, 6.45) is 1.98. The lowest BCUT2D eigenvalue weighted by Crippen LogP contribution is -2.05. The number of fused-ring (bicyclic) bond motifs is 1. The van der Waals surface area contributed by atoms with Gasteiger partial charge in [-0.1, -0.05) is 24.3 Å². The lowest BCUT2D eigenvalue weighted by atomic mass is 10.2. The topological polar surface area (TPSA) is 42.2 Å². The van der Waals surface area contributed by atoms with E-state index in [9.17, 15) is 0 Å². The molecule has 0 atom stereocenters. The molecule has 3 aromatic rings. The van der Waals surface area contributed by atoms with Crippen molar-refractivity contribution in [1.82, 2.24) is 19.9 Å². The summed E-state index contributed by atoms with van der Waals surface area (Å²) in [6.45, 7) is 0.847. The van der Waals surface area contributed by atoms with Gasteiger partial charge < -0.3 is 5.32 Å². The van der Waals surface area contributed by atoms with Crippen molar-refractivity contribution >= 4 is 17.4 Å². The summed E-state index contributed by atoms with van der Waals surface area (Å²) in [6, 6.07) is 14.2. The van der Waals surface area contributed by atoms with Gasteiger partial charge in [-0.3, -0.25) is 4.40 Å². The predicted molar refractivity (Wildman–Crippen MR) is 76.3 cm³/mol. The van der Waals surface area contributed by atoms with Crippen LogP contribution >= 0.6 is 11.8 Å². The first-order valence-electron chi connectivity index (χ1n) is 6.08. The lowest BCUT2D eigenvalue weighted by Gasteiger charge is -2.07. The molecule has 0 bridgehead atoms. The molecule has 0 fully saturated rings. The van der Waals surface area contributed by atoms with Crippen LogP contribution in [0.3, 0.4) is 0 Å².